The Hall–Kier alpha value is -1.24. The summed E-state index contributed by atoms with van der Waals surface area (Å²) in [6.45, 7) is 0.780. The van der Waals surface area contributed by atoms with Crippen molar-refractivity contribution in [2.24, 2.45) is 0 Å². The summed E-state index contributed by atoms with van der Waals surface area (Å²) in [7, 11) is 0. The van der Waals surface area contributed by atoms with Crippen molar-refractivity contribution < 1.29 is 32.8 Å². The molecule has 0 radical (unpaired) electrons. The third-order valence-corrected chi connectivity index (χ3v) is 2.01. The summed E-state index contributed by atoms with van der Waals surface area (Å²) < 4.78 is 81.6. The molecule has 1 atom stereocenters. The Balaban J connectivity index is 3.49. The fourth-order valence-electron chi connectivity index (χ4n) is 1.16. The van der Waals surface area contributed by atoms with Gasteiger partial charge >= 0.3 is 12.4 Å². The summed E-state index contributed by atoms with van der Waals surface area (Å²) in [5.74, 6) is 0. The summed E-state index contributed by atoms with van der Waals surface area (Å²) in [4.78, 5) is 0. The van der Waals surface area contributed by atoms with Gasteiger partial charge in [0.1, 0.15) is 0 Å². The number of alkyl halides is 6. The minimum atomic E-state index is -4.98. The van der Waals surface area contributed by atoms with Gasteiger partial charge in [0.05, 0.1) is 18.6 Å². The Morgan fingerprint density at radius 2 is 1.35 bits per heavy atom. The average molecular weight is 259 g/mol. The highest BCUT2D eigenvalue weighted by Gasteiger charge is 2.37. The van der Waals surface area contributed by atoms with E-state index in [4.69, 9.17) is 1.37 Å². The zero-order chi connectivity index (χ0) is 14.4. The van der Waals surface area contributed by atoms with Gasteiger partial charge in [-0.05, 0) is 30.7 Å². The van der Waals surface area contributed by atoms with Crippen LogP contribution in [0.2, 0.25) is 0 Å². The van der Waals surface area contributed by atoms with E-state index < -0.39 is 35.1 Å². The van der Waals surface area contributed by atoms with Crippen molar-refractivity contribution >= 4 is 0 Å². The van der Waals surface area contributed by atoms with Gasteiger partial charge in [-0.1, -0.05) is 0 Å². The third-order valence-electron chi connectivity index (χ3n) is 2.01. The Bertz CT molecular complexity index is 364. The van der Waals surface area contributed by atoms with Crippen LogP contribution in [0.1, 0.15) is 31.1 Å². The van der Waals surface area contributed by atoms with Crippen LogP contribution < -0.4 is 0 Å². The minimum Gasteiger partial charge on any atom is -0.389 e. The van der Waals surface area contributed by atoms with Gasteiger partial charge in [-0.3, -0.25) is 0 Å². The van der Waals surface area contributed by atoms with Crippen molar-refractivity contribution in [2.75, 3.05) is 0 Å². The number of hydrogen-bond acceptors (Lipinski definition) is 1. The molecule has 0 fully saturated rings. The largest absolute Gasteiger partial charge is 0.416 e. The average Bonchev–Trinajstić information content (AvgIpc) is 2.13. The second kappa shape index (κ2) is 4.21. The van der Waals surface area contributed by atoms with Gasteiger partial charge < -0.3 is 5.11 Å². The zero-order valence-electron chi connectivity index (χ0n) is 9.45. The smallest absolute Gasteiger partial charge is 0.389 e. The maximum absolute atomic E-state index is 12.4. The van der Waals surface area contributed by atoms with Crippen LogP contribution in [0, 0.1) is 0 Å². The highest BCUT2D eigenvalue weighted by Crippen LogP contribution is 2.37. The second-order valence-corrected chi connectivity index (χ2v) is 3.38. The first-order valence-electron chi connectivity index (χ1n) is 4.84. The first-order valence-corrected chi connectivity index (χ1v) is 4.34. The molecule has 0 aliphatic carbocycles. The molecule has 0 amide bonds. The van der Waals surface area contributed by atoms with E-state index in [-0.39, 0.29) is 6.07 Å². The van der Waals surface area contributed by atoms with Crippen LogP contribution in [0.15, 0.2) is 18.2 Å². The molecule has 0 aromatic heterocycles. The number of benzene rings is 1. The first-order chi connectivity index (χ1) is 7.82. The van der Waals surface area contributed by atoms with Crippen molar-refractivity contribution in [3.05, 3.63) is 34.9 Å². The van der Waals surface area contributed by atoms with Gasteiger partial charge in [0, 0.05) is 0 Å². The lowest BCUT2D eigenvalue weighted by molar-refractivity contribution is -0.143. The Morgan fingerprint density at radius 3 is 1.59 bits per heavy atom. The van der Waals surface area contributed by atoms with E-state index in [1.54, 1.807) is 0 Å². The highest BCUT2D eigenvalue weighted by atomic mass is 19.4. The summed E-state index contributed by atoms with van der Waals surface area (Å²) >= 11 is 0. The van der Waals surface area contributed by atoms with E-state index in [9.17, 15) is 31.4 Å². The quantitative estimate of drug-likeness (QED) is 0.761. The van der Waals surface area contributed by atoms with Crippen LogP contribution in [-0.4, -0.2) is 5.11 Å². The van der Waals surface area contributed by atoms with Crippen LogP contribution in [0.25, 0.3) is 0 Å². The molecule has 0 aliphatic heterocycles. The maximum Gasteiger partial charge on any atom is 0.416 e. The molecule has 1 N–H and O–H groups in total. The zero-order valence-corrected chi connectivity index (χ0v) is 8.45. The SMILES string of the molecule is [2H]C(C)(O)c1cc(C(F)(F)F)cc(C(F)(F)F)c1. The van der Waals surface area contributed by atoms with Crippen molar-refractivity contribution in [1.82, 2.24) is 0 Å². The van der Waals surface area contributed by atoms with Gasteiger partial charge in [-0.25, -0.2) is 0 Å². The molecule has 0 aliphatic rings. The summed E-state index contributed by atoms with van der Waals surface area (Å²) in [5, 5.41) is 9.20. The fourth-order valence-corrected chi connectivity index (χ4v) is 1.16. The molecule has 1 aromatic rings. The molecule has 0 spiro atoms. The minimum absolute atomic E-state index is 0.0603. The fraction of sp³-hybridized carbons (Fsp3) is 0.400. The van der Waals surface area contributed by atoms with Gasteiger partial charge in [-0.15, -0.1) is 0 Å². The summed E-state index contributed by atoms with van der Waals surface area (Å²) in [5.41, 5.74) is -3.88. The molecule has 0 saturated carbocycles. The van der Waals surface area contributed by atoms with E-state index in [0.29, 0.717) is 12.1 Å². The molecule has 1 unspecified atom stereocenters. The van der Waals surface area contributed by atoms with E-state index in [1.165, 1.54) is 0 Å². The predicted molar refractivity (Wildman–Crippen MR) is 47.1 cm³/mol. The number of rotatable bonds is 1. The third kappa shape index (κ3) is 3.36. The Labute approximate surface area is 94.1 Å². The Kier molecular flexibility index (Phi) is 3.03. The van der Waals surface area contributed by atoms with Gasteiger partial charge in [0.15, 0.2) is 0 Å². The van der Waals surface area contributed by atoms with Crippen LogP contribution in [0.4, 0.5) is 26.3 Å². The number of hydrogen-bond donors (Lipinski definition) is 1. The normalized spacial score (nSPS) is 17.5. The van der Waals surface area contributed by atoms with Gasteiger partial charge in [0.25, 0.3) is 0 Å². The predicted octanol–water partition coefficient (Wildman–Crippen LogP) is 3.78. The highest BCUT2D eigenvalue weighted by molar-refractivity contribution is 5.34. The standard InChI is InChI=1S/C10H8F6O/c1-5(17)6-2-7(9(11,12)13)4-8(3-6)10(14,15)16/h2-5,17H,1H3/i5D. The van der Waals surface area contributed by atoms with E-state index in [0.717, 1.165) is 6.92 Å². The topological polar surface area (TPSA) is 20.2 Å². The molecular formula is C10H8F6O. The molecule has 96 valence electrons. The van der Waals surface area contributed by atoms with E-state index >= 15 is 0 Å². The molecule has 17 heavy (non-hydrogen) atoms. The maximum atomic E-state index is 12.4. The lowest BCUT2D eigenvalue weighted by Crippen LogP contribution is -2.12. The van der Waals surface area contributed by atoms with E-state index in [1.807, 2.05) is 0 Å². The van der Waals surface area contributed by atoms with E-state index in [2.05, 4.69) is 0 Å². The molecular weight excluding hydrogens is 250 g/mol. The molecule has 1 nitrogen and oxygen atoms in total. The number of aliphatic hydroxyl groups is 1. The van der Waals surface area contributed by atoms with Crippen LogP contribution in [0.5, 0.6) is 0 Å². The second-order valence-electron chi connectivity index (χ2n) is 3.38. The van der Waals surface area contributed by atoms with Gasteiger partial charge in [-0.2, -0.15) is 26.3 Å². The number of halogens is 6. The first kappa shape index (κ1) is 12.2. The van der Waals surface area contributed by atoms with Crippen LogP contribution in [0.3, 0.4) is 0 Å². The van der Waals surface area contributed by atoms with Crippen molar-refractivity contribution in [3.8, 4) is 0 Å². The van der Waals surface area contributed by atoms with Crippen molar-refractivity contribution in [1.29, 1.82) is 0 Å². The van der Waals surface area contributed by atoms with Crippen LogP contribution >= 0.6 is 0 Å². The van der Waals surface area contributed by atoms with Gasteiger partial charge in [0.2, 0.25) is 0 Å². The lowest BCUT2D eigenvalue weighted by atomic mass is 10.0. The summed E-state index contributed by atoms with van der Waals surface area (Å²) in [6.07, 6.45) is -12.5. The Morgan fingerprint density at radius 1 is 1.00 bits per heavy atom. The monoisotopic (exact) mass is 259 g/mol. The van der Waals surface area contributed by atoms with Crippen LogP contribution in [-0.2, 0) is 12.4 Å². The molecule has 0 bridgehead atoms. The van der Waals surface area contributed by atoms with Crippen molar-refractivity contribution in [2.45, 2.75) is 25.4 Å². The molecule has 1 aromatic carbocycles. The lowest BCUT2D eigenvalue weighted by Gasteiger charge is -2.15. The molecule has 0 saturated heterocycles. The summed E-state index contributed by atoms with van der Waals surface area (Å²) in [6, 6.07) is 0.583. The molecule has 7 heteroatoms. The molecule has 0 heterocycles. The van der Waals surface area contributed by atoms with Crippen molar-refractivity contribution in [3.63, 3.8) is 0 Å². The molecule has 1 rings (SSSR count).